The minimum absolute atomic E-state index is 0.182. The van der Waals surface area contributed by atoms with E-state index >= 15 is 0 Å². The maximum atomic E-state index is 12.3. The summed E-state index contributed by atoms with van der Waals surface area (Å²) in [5.41, 5.74) is 2.63. The molecule has 0 bridgehead atoms. The SMILES string of the molecule is Cc1cc(NC(=O)NC2CCC(CO)CC2)c2ncccc2c1. The van der Waals surface area contributed by atoms with Crippen molar-refractivity contribution in [1.82, 2.24) is 10.3 Å². The molecule has 0 spiro atoms. The van der Waals surface area contributed by atoms with E-state index in [-0.39, 0.29) is 18.7 Å². The van der Waals surface area contributed by atoms with Crippen LogP contribution in [0.3, 0.4) is 0 Å². The number of nitrogens with zero attached hydrogens (tertiary/aromatic N) is 1. The minimum atomic E-state index is -0.185. The van der Waals surface area contributed by atoms with Gasteiger partial charge in [-0.3, -0.25) is 4.98 Å². The van der Waals surface area contributed by atoms with Gasteiger partial charge in [0.15, 0.2) is 0 Å². The van der Waals surface area contributed by atoms with Gasteiger partial charge in [-0.2, -0.15) is 0 Å². The summed E-state index contributed by atoms with van der Waals surface area (Å²) in [6.45, 7) is 2.26. The van der Waals surface area contributed by atoms with E-state index in [0.717, 1.165) is 47.8 Å². The standard InChI is InChI=1S/C18H23N3O2/c1-12-9-14-3-2-8-19-17(14)16(10-12)21-18(23)20-15-6-4-13(11-22)5-7-15/h2-3,8-10,13,15,22H,4-7,11H2,1H3,(H2,20,21,23). The lowest BCUT2D eigenvalue weighted by Gasteiger charge is -2.28. The van der Waals surface area contributed by atoms with Crippen LogP contribution >= 0.6 is 0 Å². The van der Waals surface area contributed by atoms with Gasteiger partial charge in [0.05, 0.1) is 11.2 Å². The summed E-state index contributed by atoms with van der Waals surface area (Å²) < 4.78 is 0. The first-order valence-corrected chi connectivity index (χ1v) is 8.19. The van der Waals surface area contributed by atoms with Crippen molar-refractivity contribution in [2.75, 3.05) is 11.9 Å². The number of carbonyl (C=O) groups excluding carboxylic acids is 1. The van der Waals surface area contributed by atoms with Crippen LogP contribution in [0, 0.1) is 12.8 Å². The summed E-state index contributed by atoms with van der Waals surface area (Å²) in [6.07, 6.45) is 5.51. The Bertz CT molecular complexity index is 694. The van der Waals surface area contributed by atoms with Gasteiger partial charge in [0.2, 0.25) is 0 Å². The molecule has 0 radical (unpaired) electrons. The highest BCUT2D eigenvalue weighted by atomic mass is 16.3. The van der Waals surface area contributed by atoms with E-state index in [0.29, 0.717) is 5.92 Å². The van der Waals surface area contributed by atoms with Crippen LogP contribution in [0.1, 0.15) is 31.2 Å². The first-order valence-electron chi connectivity index (χ1n) is 8.19. The van der Waals surface area contributed by atoms with Gasteiger partial charge in [0, 0.05) is 24.2 Å². The topological polar surface area (TPSA) is 74.2 Å². The van der Waals surface area contributed by atoms with Crippen molar-refractivity contribution in [1.29, 1.82) is 0 Å². The van der Waals surface area contributed by atoms with Crippen molar-refractivity contribution in [2.45, 2.75) is 38.6 Å². The van der Waals surface area contributed by atoms with Gasteiger partial charge in [-0.15, -0.1) is 0 Å². The van der Waals surface area contributed by atoms with E-state index < -0.39 is 0 Å². The molecular formula is C18H23N3O2. The number of aliphatic hydroxyl groups excluding tert-OH is 1. The van der Waals surface area contributed by atoms with Gasteiger partial charge in [-0.25, -0.2) is 4.79 Å². The number of fused-ring (bicyclic) bond motifs is 1. The average Bonchev–Trinajstić information content (AvgIpc) is 2.55. The molecule has 5 heteroatoms. The number of aromatic nitrogens is 1. The average molecular weight is 313 g/mol. The predicted molar refractivity (Wildman–Crippen MR) is 91.5 cm³/mol. The zero-order chi connectivity index (χ0) is 16.2. The number of aryl methyl sites for hydroxylation is 1. The minimum Gasteiger partial charge on any atom is -0.396 e. The van der Waals surface area contributed by atoms with E-state index in [1.54, 1.807) is 6.20 Å². The molecule has 1 fully saturated rings. The Hall–Kier alpha value is -2.14. The summed E-state index contributed by atoms with van der Waals surface area (Å²) in [6, 6.07) is 7.88. The maximum absolute atomic E-state index is 12.3. The molecule has 0 saturated heterocycles. The van der Waals surface area contributed by atoms with Gasteiger partial charge in [-0.1, -0.05) is 6.07 Å². The molecular weight excluding hydrogens is 290 g/mol. The summed E-state index contributed by atoms with van der Waals surface area (Å²) >= 11 is 0. The van der Waals surface area contributed by atoms with E-state index in [1.807, 2.05) is 25.1 Å². The van der Waals surface area contributed by atoms with E-state index in [2.05, 4.69) is 21.7 Å². The van der Waals surface area contributed by atoms with E-state index in [4.69, 9.17) is 0 Å². The van der Waals surface area contributed by atoms with Crippen LogP contribution in [0.2, 0.25) is 0 Å². The summed E-state index contributed by atoms with van der Waals surface area (Å²) in [5, 5.41) is 16.2. The van der Waals surface area contributed by atoms with Crippen molar-refractivity contribution in [3.8, 4) is 0 Å². The fraction of sp³-hybridized carbons (Fsp3) is 0.444. The maximum Gasteiger partial charge on any atom is 0.319 e. The van der Waals surface area contributed by atoms with Gasteiger partial charge < -0.3 is 15.7 Å². The van der Waals surface area contributed by atoms with Gasteiger partial charge in [0.25, 0.3) is 0 Å². The molecule has 3 rings (SSSR count). The molecule has 1 aromatic carbocycles. The smallest absolute Gasteiger partial charge is 0.319 e. The third kappa shape index (κ3) is 3.79. The lowest BCUT2D eigenvalue weighted by atomic mass is 9.87. The molecule has 1 saturated carbocycles. The number of amides is 2. The summed E-state index contributed by atoms with van der Waals surface area (Å²) in [5.74, 6) is 0.390. The number of hydrogen-bond acceptors (Lipinski definition) is 3. The number of nitrogens with one attached hydrogen (secondary N) is 2. The second-order valence-electron chi connectivity index (χ2n) is 6.39. The third-order valence-electron chi connectivity index (χ3n) is 4.54. The van der Waals surface area contributed by atoms with Crippen molar-refractivity contribution >= 4 is 22.6 Å². The molecule has 3 N–H and O–H groups in total. The normalized spacial score (nSPS) is 21.1. The van der Waals surface area contributed by atoms with Crippen LogP contribution in [0.4, 0.5) is 10.5 Å². The molecule has 0 unspecified atom stereocenters. The monoisotopic (exact) mass is 313 g/mol. The largest absolute Gasteiger partial charge is 0.396 e. The van der Waals surface area contributed by atoms with Crippen molar-refractivity contribution < 1.29 is 9.90 Å². The molecule has 5 nitrogen and oxygen atoms in total. The van der Waals surface area contributed by atoms with E-state index in [1.165, 1.54) is 0 Å². The second kappa shape index (κ2) is 6.96. The molecule has 23 heavy (non-hydrogen) atoms. The zero-order valence-corrected chi connectivity index (χ0v) is 13.4. The van der Waals surface area contributed by atoms with Crippen LogP contribution in [-0.4, -0.2) is 28.8 Å². The second-order valence-corrected chi connectivity index (χ2v) is 6.39. The molecule has 122 valence electrons. The number of benzene rings is 1. The summed E-state index contributed by atoms with van der Waals surface area (Å²) in [4.78, 5) is 16.7. The molecule has 2 amide bonds. The van der Waals surface area contributed by atoms with Crippen LogP contribution in [0.25, 0.3) is 10.9 Å². The highest BCUT2D eigenvalue weighted by Crippen LogP contribution is 2.25. The van der Waals surface area contributed by atoms with Crippen LogP contribution < -0.4 is 10.6 Å². The number of pyridine rings is 1. The van der Waals surface area contributed by atoms with Gasteiger partial charge in [0.1, 0.15) is 0 Å². The quantitative estimate of drug-likeness (QED) is 0.814. The van der Waals surface area contributed by atoms with Gasteiger partial charge in [-0.05, 0) is 62.3 Å². The number of rotatable bonds is 3. The Balaban J connectivity index is 1.66. The Morgan fingerprint density at radius 2 is 2.09 bits per heavy atom. The van der Waals surface area contributed by atoms with Crippen LogP contribution in [-0.2, 0) is 0 Å². The Labute approximate surface area is 136 Å². The number of carbonyl (C=O) groups is 1. The molecule has 1 heterocycles. The first kappa shape index (κ1) is 15.7. The van der Waals surface area contributed by atoms with E-state index in [9.17, 15) is 9.90 Å². The highest BCUT2D eigenvalue weighted by molar-refractivity contribution is 6.00. The van der Waals surface area contributed by atoms with Crippen LogP contribution in [0.15, 0.2) is 30.5 Å². The zero-order valence-electron chi connectivity index (χ0n) is 13.4. The molecule has 2 aromatic rings. The third-order valence-corrected chi connectivity index (χ3v) is 4.54. The highest BCUT2D eigenvalue weighted by Gasteiger charge is 2.22. The number of urea groups is 1. The fourth-order valence-corrected chi connectivity index (χ4v) is 3.27. The van der Waals surface area contributed by atoms with Crippen molar-refractivity contribution in [2.24, 2.45) is 5.92 Å². The van der Waals surface area contributed by atoms with Crippen molar-refractivity contribution in [3.63, 3.8) is 0 Å². The molecule has 1 aromatic heterocycles. The lowest BCUT2D eigenvalue weighted by molar-refractivity contribution is 0.176. The predicted octanol–water partition coefficient (Wildman–Crippen LogP) is 3.22. The molecule has 0 aliphatic heterocycles. The van der Waals surface area contributed by atoms with Gasteiger partial charge >= 0.3 is 6.03 Å². The Morgan fingerprint density at radius 1 is 1.30 bits per heavy atom. The molecule has 1 aliphatic carbocycles. The summed E-state index contributed by atoms with van der Waals surface area (Å²) in [7, 11) is 0. The Kier molecular flexibility index (Phi) is 4.76. The van der Waals surface area contributed by atoms with Crippen LogP contribution in [0.5, 0.6) is 0 Å². The lowest BCUT2D eigenvalue weighted by Crippen LogP contribution is -2.40. The van der Waals surface area contributed by atoms with Crippen molar-refractivity contribution in [3.05, 3.63) is 36.0 Å². The number of anilines is 1. The number of aliphatic hydroxyl groups is 1. The fourth-order valence-electron chi connectivity index (χ4n) is 3.27. The molecule has 0 atom stereocenters. The Morgan fingerprint density at radius 3 is 2.83 bits per heavy atom. The molecule has 1 aliphatic rings. The first-order chi connectivity index (χ1) is 11.2. The number of hydrogen-bond donors (Lipinski definition) is 3.